The lowest BCUT2D eigenvalue weighted by Gasteiger charge is -2.24. The highest BCUT2D eigenvalue weighted by Crippen LogP contribution is 2.16. The van der Waals surface area contributed by atoms with E-state index in [0.29, 0.717) is 18.2 Å². The number of rotatable bonds is 5. The quantitative estimate of drug-likeness (QED) is 0.854. The molecule has 0 fully saturated rings. The number of pyridine rings is 1. The number of carbonyl (C=O) groups is 1. The van der Waals surface area contributed by atoms with Crippen LogP contribution in [0.15, 0.2) is 12.1 Å². The standard InChI is InChI=1S/C16H26N4O/c1-11(2)8-13(9-17)18-16(21)14-5-4-12-6-7-20(3)10-15(12)19-14/h4-5,11,13H,6-10,17H2,1-3H3,(H,18,21)/t13-/m0/s1. The van der Waals surface area contributed by atoms with Gasteiger partial charge < -0.3 is 16.0 Å². The molecule has 1 aliphatic rings. The van der Waals surface area contributed by atoms with E-state index in [2.05, 4.69) is 36.1 Å². The highest BCUT2D eigenvalue weighted by atomic mass is 16.1. The number of nitrogens with zero attached hydrogens (tertiary/aromatic N) is 2. The molecule has 1 aromatic rings. The van der Waals surface area contributed by atoms with Crippen LogP contribution in [0.4, 0.5) is 0 Å². The molecule has 0 spiro atoms. The largest absolute Gasteiger partial charge is 0.347 e. The van der Waals surface area contributed by atoms with Crippen molar-refractivity contribution in [2.45, 2.75) is 39.3 Å². The summed E-state index contributed by atoms with van der Waals surface area (Å²) in [6, 6.07) is 3.87. The van der Waals surface area contributed by atoms with E-state index < -0.39 is 0 Å². The fraction of sp³-hybridized carbons (Fsp3) is 0.625. The van der Waals surface area contributed by atoms with E-state index >= 15 is 0 Å². The Morgan fingerprint density at radius 1 is 1.48 bits per heavy atom. The van der Waals surface area contributed by atoms with E-state index in [1.54, 1.807) is 0 Å². The molecular formula is C16H26N4O. The molecular weight excluding hydrogens is 264 g/mol. The second-order valence-corrected chi connectivity index (χ2v) is 6.33. The minimum atomic E-state index is -0.123. The van der Waals surface area contributed by atoms with Crippen LogP contribution in [0.5, 0.6) is 0 Å². The molecule has 1 aromatic heterocycles. The average molecular weight is 290 g/mol. The summed E-state index contributed by atoms with van der Waals surface area (Å²) in [6.07, 6.45) is 1.88. The van der Waals surface area contributed by atoms with Gasteiger partial charge in [-0.15, -0.1) is 0 Å². The molecule has 0 radical (unpaired) electrons. The first kappa shape index (κ1) is 15.9. The van der Waals surface area contributed by atoms with E-state index in [1.165, 1.54) is 5.56 Å². The maximum atomic E-state index is 12.3. The number of hydrogen-bond donors (Lipinski definition) is 2. The topological polar surface area (TPSA) is 71.2 Å². The van der Waals surface area contributed by atoms with Crippen molar-refractivity contribution in [2.24, 2.45) is 11.7 Å². The number of amides is 1. The molecule has 0 aliphatic carbocycles. The monoisotopic (exact) mass is 290 g/mol. The first-order valence-corrected chi connectivity index (χ1v) is 7.68. The number of hydrogen-bond acceptors (Lipinski definition) is 4. The molecule has 1 aliphatic heterocycles. The average Bonchev–Trinajstić information content (AvgIpc) is 2.45. The zero-order chi connectivity index (χ0) is 15.4. The normalized spacial score (nSPS) is 16.6. The van der Waals surface area contributed by atoms with Crippen molar-refractivity contribution in [3.63, 3.8) is 0 Å². The van der Waals surface area contributed by atoms with Crippen molar-refractivity contribution in [3.8, 4) is 0 Å². The highest BCUT2D eigenvalue weighted by Gasteiger charge is 2.19. The summed E-state index contributed by atoms with van der Waals surface area (Å²) in [4.78, 5) is 19.1. The van der Waals surface area contributed by atoms with Gasteiger partial charge in [-0.25, -0.2) is 4.98 Å². The lowest BCUT2D eigenvalue weighted by molar-refractivity contribution is 0.0928. The van der Waals surface area contributed by atoms with Crippen LogP contribution in [0.2, 0.25) is 0 Å². The van der Waals surface area contributed by atoms with Gasteiger partial charge in [-0.3, -0.25) is 4.79 Å². The van der Waals surface area contributed by atoms with Crippen molar-refractivity contribution >= 4 is 5.91 Å². The second-order valence-electron chi connectivity index (χ2n) is 6.33. The number of likely N-dealkylation sites (N-methyl/N-ethyl adjacent to an activating group) is 1. The van der Waals surface area contributed by atoms with E-state index in [9.17, 15) is 4.79 Å². The van der Waals surface area contributed by atoms with Crippen molar-refractivity contribution in [1.82, 2.24) is 15.2 Å². The zero-order valence-electron chi connectivity index (χ0n) is 13.2. The Morgan fingerprint density at radius 2 is 2.24 bits per heavy atom. The third-order valence-corrected chi connectivity index (χ3v) is 3.86. The van der Waals surface area contributed by atoms with Crippen LogP contribution < -0.4 is 11.1 Å². The predicted molar refractivity (Wildman–Crippen MR) is 84.0 cm³/mol. The molecule has 2 heterocycles. The van der Waals surface area contributed by atoms with Crippen LogP contribution in [0, 0.1) is 5.92 Å². The van der Waals surface area contributed by atoms with E-state index in [-0.39, 0.29) is 11.9 Å². The highest BCUT2D eigenvalue weighted by molar-refractivity contribution is 5.92. The summed E-state index contributed by atoms with van der Waals surface area (Å²) >= 11 is 0. The fourth-order valence-electron chi connectivity index (χ4n) is 2.71. The first-order chi connectivity index (χ1) is 9.99. The van der Waals surface area contributed by atoms with Crippen LogP contribution >= 0.6 is 0 Å². The molecule has 0 unspecified atom stereocenters. The molecule has 21 heavy (non-hydrogen) atoms. The maximum absolute atomic E-state index is 12.3. The van der Waals surface area contributed by atoms with Gasteiger partial charge in [-0.1, -0.05) is 19.9 Å². The lowest BCUT2D eigenvalue weighted by Crippen LogP contribution is -2.41. The lowest BCUT2D eigenvalue weighted by atomic mass is 10.0. The SMILES string of the molecule is CC(C)C[C@@H](CN)NC(=O)c1ccc2c(n1)CN(C)CC2. The molecule has 1 amide bonds. The number of carbonyl (C=O) groups excluding carboxylic acids is 1. The molecule has 5 heteroatoms. The van der Waals surface area contributed by atoms with Crippen molar-refractivity contribution in [2.75, 3.05) is 20.1 Å². The minimum Gasteiger partial charge on any atom is -0.347 e. The van der Waals surface area contributed by atoms with Crippen LogP contribution in [-0.2, 0) is 13.0 Å². The zero-order valence-corrected chi connectivity index (χ0v) is 13.2. The summed E-state index contributed by atoms with van der Waals surface area (Å²) in [5, 5.41) is 2.99. The Labute approximate surface area is 126 Å². The van der Waals surface area contributed by atoms with Gasteiger partial charge in [0.05, 0.1) is 5.69 Å². The Kier molecular flexibility index (Phi) is 5.31. The Balaban J connectivity index is 2.07. The molecule has 1 atom stereocenters. The summed E-state index contributed by atoms with van der Waals surface area (Å²) < 4.78 is 0. The number of fused-ring (bicyclic) bond motifs is 1. The molecule has 0 bridgehead atoms. The molecule has 3 N–H and O–H groups in total. The Hall–Kier alpha value is -1.46. The van der Waals surface area contributed by atoms with Crippen LogP contribution in [0.3, 0.4) is 0 Å². The molecule has 0 aromatic carbocycles. The van der Waals surface area contributed by atoms with Gasteiger partial charge in [0.15, 0.2) is 0 Å². The van der Waals surface area contributed by atoms with Gasteiger partial charge >= 0.3 is 0 Å². The number of nitrogens with one attached hydrogen (secondary N) is 1. The molecule has 2 rings (SSSR count). The van der Waals surface area contributed by atoms with E-state index in [4.69, 9.17) is 5.73 Å². The third kappa shape index (κ3) is 4.25. The van der Waals surface area contributed by atoms with Gasteiger partial charge in [0.25, 0.3) is 5.91 Å². The number of aromatic nitrogens is 1. The third-order valence-electron chi connectivity index (χ3n) is 3.86. The smallest absolute Gasteiger partial charge is 0.270 e. The van der Waals surface area contributed by atoms with Gasteiger partial charge in [-0.2, -0.15) is 0 Å². The summed E-state index contributed by atoms with van der Waals surface area (Å²) in [5.74, 6) is 0.381. The van der Waals surface area contributed by atoms with Crippen LogP contribution in [-0.4, -0.2) is 42.0 Å². The molecule has 0 saturated carbocycles. The second kappa shape index (κ2) is 7.00. The van der Waals surface area contributed by atoms with Crippen LogP contribution in [0.1, 0.15) is 42.0 Å². The van der Waals surface area contributed by atoms with Gasteiger partial charge in [-0.05, 0) is 37.4 Å². The Morgan fingerprint density at radius 3 is 2.90 bits per heavy atom. The van der Waals surface area contributed by atoms with E-state index in [1.807, 2.05) is 12.1 Å². The van der Waals surface area contributed by atoms with E-state index in [0.717, 1.165) is 31.6 Å². The molecule has 5 nitrogen and oxygen atoms in total. The van der Waals surface area contributed by atoms with Crippen molar-refractivity contribution in [1.29, 1.82) is 0 Å². The van der Waals surface area contributed by atoms with Gasteiger partial charge in [0.2, 0.25) is 0 Å². The molecule has 0 saturated heterocycles. The molecule has 116 valence electrons. The summed E-state index contributed by atoms with van der Waals surface area (Å²) in [5.41, 5.74) is 8.50. The fourth-order valence-corrected chi connectivity index (χ4v) is 2.71. The van der Waals surface area contributed by atoms with Crippen molar-refractivity contribution in [3.05, 3.63) is 29.1 Å². The van der Waals surface area contributed by atoms with Crippen molar-refractivity contribution < 1.29 is 4.79 Å². The predicted octanol–water partition coefficient (Wildman–Crippen LogP) is 1.17. The Bertz CT molecular complexity index is 501. The minimum absolute atomic E-state index is 0.0120. The first-order valence-electron chi connectivity index (χ1n) is 7.68. The van der Waals surface area contributed by atoms with Gasteiger partial charge in [0.1, 0.15) is 5.69 Å². The summed E-state index contributed by atoms with van der Waals surface area (Å²) in [6.45, 7) is 6.56. The maximum Gasteiger partial charge on any atom is 0.270 e. The van der Waals surface area contributed by atoms with Gasteiger partial charge in [0, 0.05) is 25.7 Å². The number of nitrogens with two attached hydrogens (primary N) is 1. The summed E-state index contributed by atoms with van der Waals surface area (Å²) in [7, 11) is 2.07. The van der Waals surface area contributed by atoms with Crippen LogP contribution in [0.25, 0.3) is 0 Å².